The van der Waals surface area contributed by atoms with Crippen LogP contribution in [0.4, 0.5) is 5.69 Å². The van der Waals surface area contributed by atoms with Crippen LogP contribution in [0.2, 0.25) is 0 Å². The molecule has 0 aromatic heterocycles. The molecule has 0 saturated heterocycles. The third kappa shape index (κ3) is 5.84. The summed E-state index contributed by atoms with van der Waals surface area (Å²) < 4.78 is 5.39. The minimum Gasteiger partial charge on any atom is -0.494 e. The molecule has 0 aliphatic carbocycles. The molecule has 2 amide bonds. The van der Waals surface area contributed by atoms with Gasteiger partial charge >= 0.3 is 0 Å². The molecule has 0 unspecified atom stereocenters. The van der Waals surface area contributed by atoms with Crippen molar-refractivity contribution in [3.63, 3.8) is 0 Å². The van der Waals surface area contributed by atoms with Gasteiger partial charge in [-0.05, 0) is 61.2 Å². The van der Waals surface area contributed by atoms with E-state index in [1.807, 2.05) is 45.0 Å². The van der Waals surface area contributed by atoms with E-state index in [0.717, 1.165) is 12.1 Å². The lowest BCUT2D eigenvalue weighted by Gasteiger charge is -2.22. The number of hydrogen-bond acceptors (Lipinski definition) is 3. The average Bonchev–Trinajstić information content (AvgIpc) is 2.67. The molecule has 5 heteroatoms. The van der Waals surface area contributed by atoms with Crippen LogP contribution in [0.25, 0.3) is 0 Å². The van der Waals surface area contributed by atoms with Crippen LogP contribution in [-0.4, -0.2) is 24.5 Å². The van der Waals surface area contributed by atoms with Crippen molar-refractivity contribution >= 4 is 17.5 Å². The zero-order valence-electron chi connectivity index (χ0n) is 16.4. The molecule has 2 aromatic carbocycles. The van der Waals surface area contributed by atoms with Crippen molar-refractivity contribution in [3.05, 3.63) is 59.7 Å². The van der Waals surface area contributed by atoms with Crippen molar-refractivity contribution in [2.75, 3.05) is 11.9 Å². The van der Waals surface area contributed by atoms with E-state index in [2.05, 4.69) is 17.6 Å². The smallest absolute Gasteiger partial charge is 0.251 e. The summed E-state index contributed by atoms with van der Waals surface area (Å²) in [5.41, 5.74) is 2.42. The maximum absolute atomic E-state index is 12.7. The molecule has 0 bridgehead atoms. The minimum absolute atomic E-state index is 0.0495. The molecule has 0 saturated carbocycles. The Balaban J connectivity index is 2.04. The number of hydrogen-bond donors (Lipinski definition) is 2. The number of benzene rings is 2. The van der Waals surface area contributed by atoms with Crippen molar-refractivity contribution in [1.29, 1.82) is 0 Å². The molecule has 5 nitrogen and oxygen atoms in total. The van der Waals surface area contributed by atoms with E-state index in [0.29, 0.717) is 17.9 Å². The van der Waals surface area contributed by atoms with Crippen molar-refractivity contribution in [2.24, 2.45) is 5.92 Å². The summed E-state index contributed by atoms with van der Waals surface area (Å²) in [5, 5.41) is 5.72. The predicted molar refractivity (Wildman–Crippen MR) is 108 cm³/mol. The Morgan fingerprint density at radius 1 is 0.963 bits per heavy atom. The van der Waals surface area contributed by atoms with Gasteiger partial charge in [0, 0.05) is 11.3 Å². The SMILES string of the molecule is CCOc1ccc(C(=O)N[C@H](C(=O)Nc2ccc(CC)cc2)C(C)C)cc1. The Bertz CT molecular complexity index is 752. The summed E-state index contributed by atoms with van der Waals surface area (Å²) in [7, 11) is 0. The summed E-state index contributed by atoms with van der Waals surface area (Å²) in [6, 6.07) is 14.0. The highest BCUT2D eigenvalue weighted by Gasteiger charge is 2.24. The largest absolute Gasteiger partial charge is 0.494 e. The Morgan fingerprint density at radius 3 is 2.11 bits per heavy atom. The van der Waals surface area contributed by atoms with Gasteiger partial charge in [-0.15, -0.1) is 0 Å². The van der Waals surface area contributed by atoms with Gasteiger partial charge in [0.15, 0.2) is 0 Å². The van der Waals surface area contributed by atoms with Gasteiger partial charge in [0.1, 0.15) is 11.8 Å². The Kier molecular flexibility index (Phi) is 7.41. The number of carbonyl (C=O) groups excluding carboxylic acids is 2. The molecular weight excluding hydrogens is 340 g/mol. The molecule has 0 aliphatic heterocycles. The molecule has 2 aromatic rings. The van der Waals surface area contributed by atoms with Crippen LogP contribution in [0.1, 0.15) is 43.6 Å². The molecule has 0 fully saturated rings. The number of carbonyl (C=O) groups is 2. The molecule has 0 aliphatic rings. The van der Waals surface area contributed by atoms with E-state index in [1.54, 1.807) is 24.3 Å². The van der Waals surface area contributed by atoms with Crippen LogP contribution in [0.5, 0.6) is 5.75 Å². The van der Waals surface area contributed by atoms with Crippen molar-refractivity contribution in [1.82, 2.24) is 5.32 Å². The normalized spacial score (nSPS) is 11.7. The highest BCUT2D eigenvalue weighted by atomic mass is 16.5. The Labute approximate surface area is 161 Å². The van der Waals surface area contributed by atoms with Crippen LogP contribution in [-0.2, 0) is 11.2 Å². The van der Waals surface area contributed by atoms with Crippen LogP contribution in [0.3, 0.4) is 0 Å². The van der Waals surface area contributed by atoms with Gasteiger partial charge in [-0.3, -0.25) is 9.59 Å². The van der Waals surface area contributed by atoms with E-state index in [4.69, 9.17) is 4.74 Å². The maximum atomic E-state index is 12.7. The summed E-state index contributed by atoms with van der Waals surface area (Å²) >= 11 is 0. The monoisotopic (exact) mass is 368 g/mol. The summed E-state index contributed by atoms with van der Waals surface area (Å²) in [6.07, 6.45) is 0.945. The van der Waals surface area contributed by atoms with Crippen LogP contribution in [0.15, 0.2) is 48.5 Å². The lowest BCUT2D eigenvalue weighted by atomic mass is 10.0. The van der Waals surface area contributed by atoms with Gasteiger partial charge in [0.05, 0.1) is 6.61 Å². The molecule has 0 heterocycles. The molecule has 1 atom stereocenters. The molecule has 0 radical (unpaired) electrons. The molecule has 144 valence electrons. The van der Waals surface area contributed by atoms with Crippen molar-refractivity contribution in [3.8, 4) is 5.75 Å². The quantitative estimate of drug-likeness (QED) is 0.739. The van der Waals surface area contributed by atoms with Gasteiger partial charge in [-0.1, -0.05) is 32.9 Å². The van der Waals surface area contributed by atoms with Crippen LogP contribution < -0.4 is 15.4 Å². The first-order valence-corrected chi connectivity index (χ1v) is 9.38. The topological polar surface area (TPSA) is 67.4 Å². The van der Waals surface area contributed by atoms with Crippen LogP contribution >= 0.6 is 0 Å². The van der Waals surface area contributed by atoms with E-state index in [-0.39, 0.29) is 17.7 Å². The second-order valence-corrected chi connectivity index (χ2v) is 6.69. The Morgan fingerprint density at radius 2 is 1.59 bits per heavy atom. The fraction of sp³-hybridized carbons (Fsp3) is 0.364. The van der Waals surface area contributed by atoms with Gasteiger partial charge in [0.2, 0.25) is 5.91 Å². The van der Waals surface area contributed by atoms with Gasteiger partial charge in [-0.25, -0.2) is 0 Å². The summed E-state index contributed by atoms with van der Waals surface area (Å²) in [4.78, 5) is 25.2. The Hall–Kier alpha value is -2.82. The first kappa shape index (κ1) is 20.5. The number of rotatable bonds is 8. The second-order valence-electron chi connectivity index (χ2n) is 6.69. The zero-order valence-corrected chi connectivity index (χ0v) is 16.4. The van der Waals surface area contributed by atoms with E-state index >= 15 is 0 Å². The minimum atomic E-state index is -0.630. The molecule has 2 rings (SSSR count). The summed E-state index contributed by atoms with van der Waals surface area (Å²) in [6.45, 7) is 8.37. The van der Waals surface area contributed by atoms with E-state index in [1.165, 1.54) is 5.56 Å². The maximum Gasteiger partial charge on any atom is 0.251 e. The van der Waals surface area contributed by atoms with E-state index in [9.17, 15) is 9.59 Å². The third-order valence-electron chi connectivity index (χ3n) is 4.29. The van der Waals surface area contributed by atoms with Crippen molar-refractivity contribution in [2.45, 2.75) is 40.2 Å². The van der Waals surface area contributed by atoms with Crippen LogP contribution in [0, 0.1) is 5.92 Å². The van der Waals surface area contributed by atoms with Crippen molar-refractivity contribution < 1.29 is 14.3 Å². The molecule has 27 heavy (non-hydrogen) atoms. The van der Waals surface area contributed by atoms with Gasteiger partial charge in [-0.2, -0.15) is 0 Å². The highest BCUT2D eigenvalue weighted by molar-refractivity contribution is 6.01. The number of anilines is 1. The standard InChI is InChI=1S/C22H28N2O3/c1-5-16-7-11-18(12-8-16)23-22(26)20(15(3)4)24-21(25)17-9-13-19(14-10-17)27-6-2/h7-15,20H,5-6H2,1-4H3,(H,23,26)(H,24,25)/t20-/m0/s1. The first-order chi connectivity index (χ1) is 12.9. The summed E-state index contributed by atoms with van der Waals surface area (Å²) in [5.74, 6) is 0.149. The van der Waals surface area contributed by atoms with Gasteiger partial charge < -0.3 is 15.4 Å². The number of amides is 2. The fourth-order valence-electron chi connectivity index (χ4n) is 2.67. The lowest BCUT2D eigenvalue weighted by Crippen LogP contribution is -2.47. The fourth-order valence-corrected chi connectivity index (χ4v) is 2.67. The molecular formula is C22H28N2O3. The first-order valence-electron chi connectivity index (χ1n) is 9.38. The lowest BCUT2D eigenvalue weighted by molar-refractivity contribution is -0.118. The number of ether oxygens (including phenoxy) is 1. The average molecular weight is 368 g/mol. The number of nitrogens with one attached hydrogen (secondary N) is 2. The molecule has 0 spiro atoms. The third-order valence-corrected chi connectivity index (χ3v) is 4.29. The second kappa shape index (κ2) is 9.76. The zero-order chi connectivity index (χ0) is 19.8. The molecule has 2 N–H and O–H groups in total. The highest BCUT2D eigenvalue weighted by Crippen LogP contribution is 2.14. The number of aryl methyl sites for hydroxylation is 1. The predicted octanol–water partition coefficient (Wildman–Crippen LogP) is 4.04. The van der Waals surface area contributed by atoms with E-state index < -0.39 is 6.04 Å². The van der Waals surface area contributed by atoms with Gasteiger partial charge in [0.25, 0.3) is 5.91 Å².